The molecular formula is C27H40N2. The van der Waals surface area contributed by atoms with Crippen LogP contribution in [-0.2, 0) is 0 Å². The molecule has 0 spiro atoms. The van der Waals surface area contributed by atoms with E-state index in [2.05, 4.69) is 79.5 Å². The summed E-state index contributed by atoms with van der Waals surface area (Å²) in [4.78, 5) is 2.57. The molecule has 0 amide bonds. The Kier molecular flexibility index (Phi) is 8.46. The topological polar surface area (TPSA) is 15.3 Å². The first-order valence-electron chi connectivity index (χ1n) is 11.8. The first-order valence-corrected chi connectivity index (χ1v) is 11.8. The van der Waals surface area contributed by atoms with Gasteiger partial charge in [0.25, 0.3) is 0 Å². The molecule has 158 valence electrons. The zero-order valence-electron chi connectivity index (χ0n) is 18.8. The summed E-state index contributed by atoms with van der Waals surface area (Å²) in [6.07, 6.45) is 9.53. The molecular weight excluding hydrogens is 352 g/mol. The lowest BCUT2D eigenvalue weighted by molar-refractivity contribution is 0.343. The van der Waals surface area contributed by atoms with E-state index in [0.29, 0.717) is 0 Å². The molecule has 1 N–H and O–H groups in total. The molecule has 2 aromatic rings. The van der Waals surface area contributed by atoms with Crippen molar-refractivity contribution in [3.05, 3.63) is 59.7 Å². The molecule has 1 atom stereocenters. The van der Waals surface area contributed by atoms with Gasteiger partial charge in [-0.15, -0.1) is 0 Å². The van der Waals surface area contributed by atoms with Crippen LogP contribution in [0.3, 0.4) is 0 Å². The highest BCUT2D eigenvalue weighted by Gasteiger charge is 2.19. The summed E-state index contributed by atoms with van der Waals surface area (Å²) in [5.74, 6) is 1.79. The molecule has 0 aromatic heterocycles. The Hall–Kier alpha value is -1.96. The highest BCUT2D eigenvalue weighted by molar-refractivity contribution is 5.47. The molecule has 29 heavy (non-hydrogen) atoms. The van der Waals surface area contributed by atoms with Crippen LogP contribution >= 0.6 is 0 Å². The SMILES string of the molecule is CCC(CCCC1CCN(c2ccc(C)cc2)CC1)CCNc1ccc(C)cc1. The van der Waals surface area contributed by atoms with E-state index in [9.17, 15) is 0 Å². The number of benzene rings is 2. The number of nitrogens with one attached hydrogen (secondary N) is 1. The van der Waals surface area contributed by atoms with E-state index in [-0.39, 0.29) is 0 Å². The summed E-state index contributed by atoms with van der Waals surface area (Å²) >= 11 is 0. The van der Waals surface area contributed by atoms with Crippen LogP contribution in [0.1, 0.15) is 63.0 Å². The predicted molar refractivity (Wildman–Crippen MR) is 128 cm³/mol. The Morgan fingerprint density at radius 1 is 0.897 bits per heavy atom. The van der Waals surface area contributed by atoms with Gasteiger partial charge in [-0.1, -0.05) is 68.0 Å². The number of piperidine rings is 1. The van der Waals surface area contributed by atoms with Crippen molar-refractivity contribution in [1.82, 2.24) is 0 Å². The van der Waals surface area contributed by atoms with E-state index in [1.54, 1.807) is 0 Å². The molecule has 3 rings (SSSR count). The number of aryl methyl sites for hydroxylation is 2. The Morgan fingerprint density at radius 2 is 1.52 bits per heavy atom. The van der Waals surface area contributed by atoms with Crippen LogP contribution in [-0.4, -0.2) is 19.6 Å². The van der Waals surface area contributed by atoms with Crippen LogP contribution in [0.2, 0.25) is 0 Å². The van der Waals surface area contributed by atoms with Crippen LogP contribution in [0.5, 0.6) is 0 Å². The number of rotatable bonds is 10. The predicted octanol–water partition coefficient (Wildman–Crippen LogP) is 7.22. The molecule has 0 saturated carbocycles. The molecule has 2 aromatic carbocycles. The fourth-order valence-electron chi connectivity index (χ4n) is 4.58. The van der Waals surface area contributed by atoms with Gasteiger partial charge in [0.2, 0.25) is 0 Å². The van der Waals surface area contributed by atoms with Crippen LogP contribution in [0.25, 0.3) is 0 Å². The first kappa shape index (κ1) is 21.7. The first-order chi connectivity index (χ1) is 14.1. The van der Waals surface area contributed by atoms with E-state index in [0.717, 1.165) is 18.4 Å². The van der Waals surface area contributed by atoms with Gasteiger partial charge in [-0.2, -0.15) is 0 Å². The quantitative estimate of drug-likeness (QED) is 0.459. The molecule has 1 aliphatic rings. The Labute approximate surface area is 178 Å². The van der Waals surface area contributed by atoms with Gasteiger partial charge in [0.1, 0.15) is 0 Å². The summed E-state index contributed by atoms with van der Waals surface area (Å²) in [5.41, 5.74) is 5.34. The molecule has 2 nitrogen and oxygen atoms in total. The summed E-state index contributed by atoms with van der Waals surface area (Å²) in [5, 5.41) is 3.59. The highest BCUT2D eigenvalue weighted by Crippen LogP contribution is 2.28. The van der Waals surface area contributed by atoms with E-state index in [4.69, 9.17) is 0 Å². The second kappa shape index (κ2) is 11.3. The number of hydrogen-bond acceptors (Lipinski definition) is 2. The van der Waals surface area contributed by atoms with Crippen molar-refractivity contribution in [3.63, 3.8) is 0 Å². The summed E-state index contributed by atoms with van der Waals surface area (Å²) in [6, 6.07) is 17.8. The van der Waals surface area contributed by atoms with Gasteiger partial charge in [-0.05, 0) is 69.2 Å². The highest BCUT2D eigenvalue weighted by atomic mass is 15.1. The smallest absolute Gasteiger partial charge is 0.0366 e. The number of hydrogen-bond donors (Lipinski definition) is 1. The van der Waals surface area contributed by atoms with Gasteiger partial charge < -0.3 is 10.2 Å². The fraction of sp³-hybridized carbons (Fsp3) is 0.556. The average Bonchev–Trinajstić information content (AvgIpc) is 2.75. The van der Waals surface area contributed by atoms with Crippen LogP contribution in [0.15, 0.2) is 48.5 Å². The molecule has 1 aliphatic heterocycles. The third-order valence-corrected chi connectivity index (χ3v) is 6.75. The molecule has 0 aliphatic carbocycles. The van der Waals surface area contributed by atoms with Gasteiger partial charge in [-0.3, -0.25) is 0 Å². The Bertz CT molecular complexity index is 692. The largest absolute Gasteiger partial charge is 0.385 e. The average molecular weight is 393 g/mol. The minimum absolute atomic E-state index is 0.862. The minimum atomic E-state index is 0.862. The van der Waals surface area contributed by atoms with Crippen LogP contribution in [0.4, 0.5) is 11.4 Å². The zero-order valence-corrected chi connectivity index (χ0v) is 18.8. The van der Waals surface area contributed by atoms with Gasteiger partial charge in [-0.25, -0.2) is 0 Å². The summed E-state index contributed by atoms with van der Waals surface area (Å²) in [7, 11) is 0. The Morgan fingerprint density at radius 3 is 2.14 bits per heavy atom. The zero-order chi connectivity index (χ0) is 20.5. The van der Waals surface area contributed by atoms with Crippen molar-refractivity contribution in [1.29, 1.82) is 0 Å². The van der Waals surface area contributed by atoms with Gasteiger partial charge in [0.05, 0.1) is 0 Å². The molecule has 1 fully saturated rings. The van der Waals surface area contributed by atoms with E-state index < -0.39 is 0 Å². The molecule has 2 heteroatoms. The maximum absolute atomic E-state index is 3.59. The van der Waals surface area contributed by atoms with E-state index >= 15 is 0 Å². The standard InChI is InChI=1S/C27H40N2/c1-4-24(16-19-28-26-12-8-22(2)9-13-26)6-5-7-25-17-20-29(21-18-25)27-14-10-23(3)11-15-27/h8-15,24-25,28H,4-7,16-21H2,1-3H3. The van der Waals surface area contributed by atoms with Crippen molar-refractivity contribution in [2.75, 3.05) is 29.9 Å². The van der Waals surface area contributed by atoms with Crippen molar-refractivity contribution >= 4 is 11.4 Å². The van der Waals surface area contributed by atoms with Gasteiger partial charge in [0.15, 0.2) is 0 Å². The van der Waals surface area contributed by atoms with Crippen LogP contribution < -0.4 is 10.2 Å². The third kappa shape index (κ3) is 7.10. The second-order valence-electron chi connectivity index (χ2n) is 9.05. The molecule has 1 unspecified atom stereocenters. The monoisotopic (exact) mass is 392 g/mol. The summed E-state index contributed by atoms with van der Waals surface area (Å²) in [6.45, 7) is 10.2. The van der Waals surface area contributed by atoms with Gasteiger partial charge >= 0.3 is 0 Å². The van der Waals surface area contributed by atoms with Crippen molar-refractivity contribution in [2.24, 2.45) is 11.8 Å². The van der Waals surface area contributed by atoms with Crippen molar-refractivity contribution in [2.45, 2.75) is 65.7 Å². The van der Waals surface area contributed by atoms with Crippen molar-refractivity contribution in [3.8, 4) is 0 Å². The van der Waals surface area contributed by atoms with Crippen LogP contribution in [0, 0.1) is 25.7 Å². The molecule has 1 heterocycles. The van der Waals surface area contributed by atoms with Gasteiger partial charge in [0, 0.05) is 31.0 Å². The molecule has 0 bridgehead atoms. The lowest BCUT2D eigenvalue weighted by Crippen LogP contribution is -2.33. The maximum atomic E-state index is 3.59. The normalized spacial score (nSPS) is 16.0. The lowest BCUT2D eigenvalue weighted by atomic mass is 9.88. The number of nitrogens with zero attached hydrogens (tertiary/aromatic N) is 1. The maximum Gasteiger partial charge on any atom is 0.0366 e. The third-order valence-electron chi connectivity index (χ3n) is 6.75. The minimum Gasteiger partial charge on any atom is -0.385 e. The number of anilines is 2. The van der Waals surface area contributed by atoms with E-state index in [1.165, 1.54) is 80.5 Å². The van der Waals surface area contributed by atoms with E-state index in [1.807, 2.05) is 0 Å². The Balaban J connectivity index is 1.30. The molecule has 1 saturated heterocycles. The van der Waals surface area contributed by atoms with Crippen molar-refractivity contribution < 1.29 is 0 Å². The molecule has 0 radical (unpaired) electrons. The lowest BCUT2D eigenvalue weighted by Gasteiger charge is -2.34. The fourth-order valence-corrected chi connectivity index (χ4v) is 4.58. The summed E-state index contributed by atoms with van der Waals surface area (Å²) < 4.78 is 0. The second-order valence-corrected chi connectivity index (χ2v) is 9.05.